The molecule has 0 spiro atoms. The molecule has 1 saturated heterocycles. The summed E-state index contributed by atoms with van der Waals surface area (Å²) in [6.07, 6.45) is -0.149. The Labute approximate surface area is 115 Å². The Balaban J connectivity index is 1.83. The highest BCUT2D eigenvalue weighted by Crippen LogP contribution is 2.25. The standard InChI is InChI=1S/C12H16N2O4S/c15-11(16)3-4-13-12(17)14-5-6-18-9(8-14)10-2-1-7-19-10/h1-2,7,9H,3-6,8H2,(H,13,17)(H,15,16). The van der Waals surface area contributed by atoms with Crippen molar-refractivity contribution in [3.8, 4) is 0 Å². The van der Waals surface area contributed by atoms with Gasteiger partial charge < -0.3 is 20.1 Å². The van der Waals surface area contributed by atoms with Gasteiger partial charge in [0.1, 0.15) is 6.10 Å². The molecule has 6 nitrogen and oxygen atoms in total. The number of urea groups is 1. The van der Waals surface area contributed by atoms with Gasteiger partial charge in [0.15, 0.2) is 0 Å². The molecule has 2 rings (SSSR count). The van der Waals surface area contributed by atoms with Gasteiger partial charge in [-0.2, -0.15) is 0 Å². The molecule has 1 aromatic rings. The fourth-order valence-corrected chi connectivity index (χ4v) is 2.63. The Morgan fingerprint density at radius 3 is 3.11 bits per heavy atom. The van der Waals surface area contributed by atoms with Gasteiger partial charge in [0.2, 0.25) is 0 Å². The van der Waals surface area contributed by atoms with Crippen molar-refractivity contribution in [2.45, 2.75) is 12.5 Å². The number of morpholine rings is 1. The Hall–Kier alpha value is -1.60. The number of carbonyl (C=O) groups excluding carboxylic acids is 1. The molecule has 1 aromatic heterocycles. The van der Waals surface area contributed by atoms with Crippen molar-refractivity contribution in [3.05, 3.63) is 22.4 Å². The van der Waals surface area contributed by atoms with Crippen LogP contribution in [-0.2, 0) is 9.53 Å². The molecular weight excluding hydrogens is 268 g/mol. The minimum atomic E-state index is -0.918. The van der Waals surface area contributed by atoms with Crippen LogP contribution < -0.4 is 5.32 Å². The molecule has 0 aliphatic carbocycles. The normalized spacial score (nSPS) is 19.2. The predicted octanol–water partition coefficient (Wildman–Crippen LogP) is 1.31. The van der Waals surface area contributed by atoms with E-state index < -0.39 is 5.97 Å². The molecule has 7 heteroatoms. The second kappa shape index (κ2) is 6.53. The van der Waals surface area contributed by atoms with Gasteiger partial charge in [0.05, 0.1) is 19.6 Å². The summed E-state index contributed by atoms with van der Waals surface area (Å²) in [5, 5.41) is 13.1. The maximum Gasteiger partial charge on any atom is 0.317 e. The second-order valence-electron chi connectivity index (χ2n) is 4.20. The molecule has 1 fully saturated rings. The zero-order valence-corrected chi connectivity index (χ0v) is 11.2. The highest BCUT2D eigenvalue weighted by atomic mass is 32.1. The van der Waals surface area contributed by atoms with Crippen LogP contribution in [0.25, 0.3) is 0 Å². The number of ether oxygens (including phenoxy) is 1. The van der Waals surface area contributed by atoms with Crippen molar-refractivity contribution in [2.24, 2.45) is 0 Å². The topological polar surface area (TPSA) is 78.9 Å². The Morgan fingerprint density at radius 1 is 1.58 bits per heavy atom. The summed E-state index contributed by atoms with van der Waals surface area (Å²) in [5.41, 5.74) is 0. The van der Waals surface area contributed by atoms with Crippen LogP contribution in [0.15, 0.2) is 17.5 Å². The summed E-state index contributed by atoms with van der Waals surface area (Å²) >= 11 is 1.60. The zero-order chi connectivity index (χ0) is 13.7. The number of amides is 2. The van der Waals surface area contributed by atoms with E-state index in [9.17, 15) is 9.59 Å². The van der Waals surface area contributed by atoms with E-state index in [1.54, 1.807) is 16.2 Å². The minimum absolute atomic E-state index is 0.0650. The number of hydrogen-bond donors (Lipinski definition) is 2. The predicted molar refractivity (Wildman–Crippen MR) is 70.2 cm³/mol. The number of nitrogens with one attached hydrogen (secondary N) is 1. The highest BCUT2D eigenvalue weighted by molar-refractivity contribution is 7.10. The van der Waals surface area contributed by atoms with Crippen LogP contribution in [0.2, 0.25) is 0 Å². The van der Waals surface area contributed by atoms with Crippen LogP contribution in [-0.4, -0.2) is 48.2 Å². The van der Waals surface area contributed by atoms with E-state index in [1.165, 1.54) is 0 Å². The molecule has 2 N–H and O–H groups in total. The molecule has 1 unspecified atom stereocenters. The number of thiophene rings is 1. The third-order valence-corrected chi connectivity index (χ3v) is 3.79. The molecule has 0 bridgehead atoms. The fourth-order valence-electron chi connectivity index (χ4n) is 1.87. The number of carboxylic acid groups (broad SMARTS) is 1. The average Bonchev–Trinajstić information content (AvgIpc) is 2.92. The van der Waals surface area contributed by atoms with Crippen molar-refractivity contribution >= 4 is 23.3 Å². The van der Waals surface area contributed by atoms with Crippen LogP contribution >= 0.6 is 11.3 Å². The molecule has 1 aliphatic rings. The fraction of sp³-hybridized carbons (Fsp3) is 0.500. The maximum absolute atomic E-state index is 11.9. The first kappa shape index (κ1) is 13.8. The van der Waals surface area contributed by atoms with E-state index in [2.05, 4.69) is 5.32 Å². The van der Waals surface area contributed by atoms with Crippen LogP contribution in [0.5, 0.6) is 0 Å². The maximum atomic E-state index is 11.9. The van der Waals surface area contributed by atoms with Gasteiger partial charge in [-0.1, -0.05) is 6.07 Å². The van der Waals surface area contributed by atoms with Crippen molar-refractivity contribution in [1.82, 2.24) is 10.2 Å². The minimum Gasteiger partial charge on any atom is -0.481 e. The third kappa shape index (κ3) is 3.93. The smallest absolute Gasteiger partial charge is 0.317 e. The first-order chi connectivity index (χ1) is 9.16. The third-order valence-electron chi connectivity index (χ3n) is 2.83. The number of carbonyl (C=O) groups is 2. The molecular formula is C12H16N2O4S. The van der Waals surface area contributed by atoms with Crippen molar-refractivity contribution in [1.29, 1.82) is 0 Å². The van der Waals surface area contributed by atoms with Crippen LogP contribution in [0.3, 0.4) is 0 Å². The van der Waals surface area contributed by atoms with Gasteiger partial charge in [-0.05, 0) is 11.4 Å². The highest BCUT2D eigenvalue weighted by Gasteiger charge is 2.25. The Kier molecular flexibility index (Phi) is 4.75. The van der Waals surface area contributed by atoms with Gasteiger partial charge in [-0.15, -0.1) is 11.3 Å². The number of rotatable bonds is 4. The van der Waals surface area contributed by atoms with Crippen molar-refractivity contribution in [2.75, 3.05) is 26.2 Å². The average molecular weight is 284 g/mol. The Bertz CT molecular complexity index is 435. The first-order valence-corrected chi connectivity index (χ1v) is 6.94. The van der Waals surface area contributed by atoms with Gasteiger partial charge in [0.25, 0.3) is 0 Å². The van der Waals surface area contributed by atoms with Gasteiger partial charge >= 0.3 is 12.0 Å². The molecule has 19 heavy (non-hydrogen) atoms. The molecule has 2 amide bonds. The lowest BCUT2D eigenvalue weighted by atomic mass is 10.2. The van der Waals surface area contributed by atoms with E-state index >= 15 is 0 Å². The molecule has 2 heterocycles. The lowest BCUT2D eigenvalue weighted by Crippen LogP contribution is -2.47. The van der Waals surface area contributed by atoms with E-state index in [1.807, 2.05) is 17.5 Å². The molecule has 1 atom stereocenters. The summed E-state index contributed by atoms with van der Waals surface area (Å²) in [6, 6.07) is 3.71. The summed E-state index contributed by atoms with van der Waals surface area (Å²) in [5.74, 6) is -0.918. The van der Waals surface area contributed by atoms with E-state index in [-0.39, 0.29) is 25.1 Å². The summed E-state index contributed by atoms with van der Waals surface area (Å²) < 4.78 is 5.64. The zero-order valence-electron chi connectivity index (χ0n) is 10.4. The molecule has 0 saturated carbocycles. The summed E-state index contributed by atoms with van der Waals surface area (Å²) in [6.45, 7) is 1.67. The SMILES string of the molecule is O=C(O)CCNC(=O)N1CCOC(c2cccs2)C1. The summed E-state index contributed by atoms with van der Waals surface area (Å²) in [4.78, 5) is 25.0. The number of carboxylic acids is 1. The number of aliphatic carboxylic acids is 1. The number of nitrogens with zero attached hydrogens (tertiary/aromatic N) is 1. The van der Waals surface area contributed by atoms with Crippen molar-refractivity contribution in [3.63, 3.8) is 0 Å². The van der Waals surface area contributed by atoms with Crippen LogP contribution in [0.1, 0.15) is 17.4 Å². The molecule has 104 valence electrons. The van der Waals surface area contributed by atoms with Gasteiger partial charge in [0, 0.05) is 18.0 Å². The second-order valence-corrected chi connectivity index (χ2v) is 5.18. The lowest BCUT2D eigenvalue weighted by molar-refractivity contribution is -0.136. The quantitative estimate of drug-likeness (QED) is 0.873. The number of hydrogen-bond acceptors (Lipinski definition) is 4. The van der Waals surface area contributed by atoms with E-state index in [4.69, 9.17) is 9.84 Å². The largest absolute Gasteiger partial charge is 0.481 e. The monoisotopic (exact) mass is 284 g/mol. The van der Waals surface area contributed by atoms with E-state index in [0.29, 0.717) is 19.7 Å². The molecule has 0 radical (unpaired) electrons. The molecule has 0 aromatic carbocycles. The summed E-state index contributed by atoms with van der Waals surface area (Å²) in [7, 11) is 0. The van der Waals surface area contributed by atoms with Crippen molar-refractivity contribution < 1.29 is 19.4 Å². The van der Waals surface area contributed by atoms with E-state index in [0.717, 1.165) is 4.88 Å². The van der Waals surface area contributed by atoms with Crippen LogP contribution in [0, 0.1) is 0 Å². The van der Waals surface area contributed by atoms with Crippen LogP contribution in [0.4, 0.5) is 4.79 Å². The van der Waals surface area contributed by atoms with Gasteiger partial charge in [-0.3, -0.25) is 4.79 Å². The van der Waals surface area contributed by atoms with Gasteiger partial charge in [-0.25, -0.2) is 4.79 Å². The molecule has 1 aliphatic heterocycles. The first-order valence-electron chi connectivity index (χ1n) is 6.06. The lowest BCUT2D eigenvalue weighted by Gasteiger charge is -2.32. The Morgan fingerprint density at radius 2 is 2.42 bits per heavy atom.